The number of ether oxygens (including phenoxy) is 1. The van der Waals surface area contributed by atoms with E-state index in [2.05, 4.69) is 10.6 Å². The third kappa shape index (κ3) is 10.1. The van der Waals surface area contributed by atoms with E-state index in [-0.39, 0.29) is 24.2 Å². The molecule has 0 aliphatic carbocycles. The lowest BCUT2D eigenvalue weighted by molar-refractivity contribution is -0.157. The van der Waals surface area contributed by atoms with E-state index in [1.807, 2.05) is 44.2 Å². The van der Waals surface area contributed by atoms with Crippen molar-refractivity contribution in [1.29, 1.82) is 0 Å². The van der Waals surface area contributed by atoms with E-state index in [1.54, 1.807) is 27.8 Å². The molecule has 6 heteroatoms. The summed E-state index contributed by atoms with van der Waals surface area (Å²) in [4.78, 5) is 37.5. The predicted octanol–water partition coefficient (Wildman–Crippen LogP) is 3.24. The maximum Gasteiger partial charge on any atom is 0.307 e. The summed E-state index contributed by atoms with van der Waals surface area (Å²) in [5.74, 6) is -1.23. The van der Waals surface area contributed by atoms with Gasteiger partial charge >= 0.3 is 5.97 Å². The summed E-state index contributed by atoms with van der Waals surface area (Å²) < 4.78 is 5.38. The molecule has 2 atom stereocenters. The number of carbonyl (C=O) groups excluding carboxylic acids is 3. The van der Waals surface area contributed by atoms with Crippen LogP contribution in [0.1, 0.15) is 59.4 Å². The van der Waals surface area contributed by atoms with Gasteiger partial charge in [-0.2, -0.15) is 0 Å². The molecule has 2 N–H and O–H groups in total. The van der Waals surface area contributed by atoms with Gasteiger partial charge in [0.05, 0.1) is 6.42 Å². The van der Waals surface area contributed by atoms with E-state index in [0.29, 0.717) is 19.3 Å². The Kier molecular flexibility index (Phi) is 9.86. The molecule has 0 bridgehead atoms. The summed E-state index contributed by atoms with van der Waals surface area (Å²) >= 11 is 0. The fourth-order valence-electron chi connectivity index (χ4n) is 3.12. The summed E-state index contributed by atoms with van der Waals surface area (Å²) in [5, 5.41) is 5.47. The van der Waals surface area contributed by atoms with Crippen LogP contribution >= 0.6 is 0 Å². The molecule has 0 radical (unpaired) electrons. The van der Waals surface area contributed by atoms with Crippen molar-refractivity contribution in [1.82, 2.24) is 10.6 Å². The van der Waals surface area contributed by atoms with Crippen molar-refractivity contribution in [2.75, 3.05) is 7.05 Å². The summed E-state index contributed by atoms with van der Waals surface area (Å²) in [6.45, 7) is 9.40. The first-order chi connectivity index (χ1) is 13.5. The Morgan fingerprint density at radius 2 is 1.66 bits per heavy atom. The fraction of sp³-hybridized carbons (Fsp3) is 0.609. The monoisotopic (exact) mass is 404 g/mol. The zero-order valence-corrected chi connectivity index (χ0v) is 18.6. The topological polar surface area (TPSA) is 84.5 Å². The van der Waals surface area contributed by atoms with Crippen molar-refractivity contribution in [3.63, 3.8) is 0 Å². The number of hydrogen-bond acceptors (Lipinski definition) is 4. The zero-order valence-electron chi connectivity index (χ0n) is 18.6. The van der Waals surface area contributed by atoms with Crippen molar-refractivity contribution < 1.29 is 19.1 Å². The maximum atomic E-state index is 12.9. The predicted molar refractivity (Wildman–Crippen MR) is 114 cm³/mol. The molecule has 0 fully saturated rings. The molecule has 1 rings (SSSR count). The standard InChI is InChI=1S/C23H36N2O4/c1-16(2)14-18(15-20(26)29-23(3,4)5)21(27)25-19(22(28)24-6)13-12-17-10-8-7-9-11-17/h7-11,16,18-19H,12-15H2,1-6H3,(H,24,28)(H,25,27)/t18-,19-/m0/s1. The van der Waals surface area contributed by atoms with Gasteiger partial charge in [0.15, 0.2) is 0 Å². The first kappa shape index (κ1) is 24.7. The SMILES string of the molecule is CNC(=O)[C@H](CCc1ccccc1)NC(=O)[C@H](CC(=O)OC(C)(C)C)CC(C)C. The zero-order chi connectivity index (χ0) is 22.0. The minimum Gasteiger partial charge on any atom is -0.460 e. The van der Waals surface area contributed by atoms with Gasteiger partial charge < -0.3 is 15.4 Å². The quantitative estimate of drug-likeness (QED) is 0.586. The average Bonchev–Trinajstić information content (AvgIpc) is 2.62. The Labute approximate surface area is 174 Å². The van der Waals surface area contributed by atoms with E-state index >= 15 is 0 Å². The van der Waals surface area contributed by atoms with Crippen LogP contribution in [-0.2, 0) is 25.5 Å². The molecule has 0 heterocycles. The number of aryl methyl sites for hydroxylation is 1. The van der Waals surface area contributed by atoms with Gasteiger partial charge in [-0.25, -0.2) is 0 Å². The first-order valence-corrected chi connectivity index (χ1v) is 10.3. The molecule has 162 valence electrons. The van der Waals surface area contributed by atoms with Crippen LogP contribution in [0.5, 0.6) is 0 Å². The van der Waals surface area contributed by atoms with Gasteiger partial charge in [-0.3, -0.25) is 14.4 Å². The second-order valence-corrected chi connectivity index (χ2v) is 8.82. The number of carbonyl (C=O) groups is 3. The number of hydrogen-bond donors (Lipinski definition) is 2. The normalized spacial score (nSPS) is 13.5. The summed E-state index contributed by atoms with van der Waals surface area (Å²) in [6.07, 6.45) is 1.70. The largest absolute Gasteiger partial charge is 0.460 e. The van der Waals surface area contributed by atoms with Crippen LogP contribution in [0.15, 0.2) is 30.3 Å². The van der Waals surface area contributed by atoms with Crippen LogP contribution in [0, 0.1) is 11.8 Å². The molecule has 0 aromatic heterocycles. The van der Waals surface area contributed by atoms with E-state index in [0.717, 1.165) is 5.56 Å². The third-order valence-corrected chi connectivity index (χ3v) is 4.40. The van der Waals surface area contributed by atoms with Crippen LogP contribution in [-0.4, -0.2) is 36.5 Å². The second kappa shape index (κ2) is 11.6. The summed E-state index contributed by atoms with van der Waals surface area (Å²) in [5.41, 5.74) is 0.499. The second-order valence-electron chi connectivity index (χ2n) is 8.82. The molecule has 2 amide bonds. The molecule has 0 aliphatic rings. The van der Waals surface area contributed by atoms with Crippen molar-refractivity contribution in [2.45, 2.75) is 71.9 Å². The Bertz CT molecular complexity index is 665. The van der Waals surface area contributed by atoms with E-state index < -0.39 is 23.5 Å². The van der Waals surface area contributed by atoms with Crippen LogP contribution in [0.4, 0.5) is 0 Å². The lowest BCUT2D eigenvalue weighted by Gasteiger charge is -2.24. The van der Waals surface area contributed by atoms with E-state index in [9.17, 15) is 14.4 Å². The fourth-order valence-corrected chi connectivity index (χ4v) is 3.12. The average molecular weight is 405 g/mol. The van der Waals surface area contributed by atoms with Gasteiger partial charge in [0.1, 0.15) is 11.6 Å². The Morgan fingerprint density at radius 1 is 1.03 bits per heavy atom. The summed E-state index contributed by atoms with van der Waals surface area (Å²) in [6, 6.07) is 9.17. The third-order valence-electron chi connectivity index (χ3n) is 4.40. The number of amides is 2. The Hall–Kier alpha value is -2.37. The number of nitrogens with one attached hydrogen (secondary N) is 2. The summed E-state index contributed by atoms with van der Waals surface area (Å²) in [7, 11) is 1.55. The van der Waals surface area contributed by atoms with Gasteiger partial charge in [-0.15, -0.1) is 0 Å². The molecule has 1 aromatic rings. The van der Waals surface area contributed by atoms with Crippen LogP contribution in [0.25, 0.3) is 0 Å². The van der Waals surface area contributed by atoms with Crippen molar-refractivity contribution in [3.05, 3.63) is 35.9 Å². The van der Waals surface area contributed by atoms with Gasteiger partial charge in [-0.05, 0) is 51.5 Å². The number of rotatable bonds is 10. The molecule has 29 heavy (non-hydrogen) atoms. The minimum absolute atomic E-state index is 0.000429. The molecule has 0 saturated heterocycles. The van der Waals surface area contributed by atoms with Crippen LogP contribution in [0.3, 0.4) is 0 Å². The molecular weight excluding hydrogens is 368 g/mol. The Morgan fingerprint density at radius 3 is 2.17 bits per heavy atom. The lowest BCUT2D eigenvalue weighted by atomic mass is 9.92. The molecule has 6 nitrogen and oxygen atoms in total. The first-order valence-electron chi connectivity index (χ1n) is 10.3. The highest BCUT2D eigenvalue weighted by Gasteiger charge is 2.29. The van der Waals surface area contributed by atoms with Crippen molar-refractivity contribution in [2.24, 2.45) is 11.8 Å². The smallest absolute Gasteiger partial charge is 0.307 e. The Balaban J connectivity index is 2.82. The van der Waals surface area contributed by atoms with E-state index in [1.165, 1.54) is 0 Å². The molecule has 1 aromatic carbocycles. The highest BCUT2D eigenvalue weighted by molar-refractivity contribution is 5.90. The highest BCUT2D eigenvalue weighted by atomic mass is 16.6. The molecular formula is C23H36N2O4. The van der Waals surface area contributed by atoms with Gasteiger partial charge in [0, 0.05) is 13.0 Å². The molecule has 0 unspecified atom stereocenters. The van der Waals surface area contributed by atoms with Crippen LogP contribution in [0.2, 0.25) is 0 Å². The van der Waals surface area contributed by atoms with Crippen molar-refractivity contribution in [3.8, 4) is 0 Å². The minimum atomic E-state index is -0.652. The van der Waals surface area contributed by atoms with Crippen molar-refractivity contribution >= 4 is 17.8 Å². The van der Waals surface area contributed by atoms with Gasteiger partial charge in [0.25, 0.3) is 0 Å². The maximum absolute atomic E-state index is 12.9. The molecule has 0 spiro atoms. The molecule has 0 aliphatic heterocycles. The molecule has 0 saturated carbocycles. The lowest BCUT2D eigenvalue weighted by Crippen LogP contribution is -2.48. The number of benzene rings is 1. The number of likely N-dealkylation sites (N-methyl/N-ethyl adjacent to an activating group) is 1. The van der Waals surface area contributed by atoms with Crippen LogP contribution < -0.4 is 10.6 Å². The van der Waals surface area contributed by atoms with Gasteiger partial charge in [-0.1, -0.05) is 44.2 Å². The highest BCUT2D eigenvalue weighted by Crippen LogP contribution is 2.19. The van der Waals surface area contributed by atoms with Gasteiger partial charge in [0.2, 0.25) is 11.8 Å². The van der Waals surface area contributed by atoms with E-state index in [4.69, 9.17) is 4.74 Å². The number of esters is 1.